The van der Waals surface area contributed by atoms with Crippen LogP contribution in [0.4, 0.5) is 4.79 Å². The summed E-state index contributed by atoms with van der Waals surface area (Å²) in [4.78, 5) is 37.9. The zero-order valence-electron chi connectivity index (χ0n) is 25.3. The minimum Gasteiger partial charge on any atom is -0.409 e. The van der Waals surface area contributed by atoms with Gasteiger partial charge >= 0.3 is 6.09 Å². The van der Waals surface area contributed by atoms with Gasteiger partial charge < -0.3 is 19.9 Å². The Bertz CT molecular complexity index is 1360. The molecular weight excluding hydrogens is 526 g/mol. The van der Waals surface area contributed by atoms with E-state index in [4.69, 9.17) is 9.72 Å². The molecule has 8 heteroatoms. The molecule has 1 aromatic heterocycles. The summed E-state index contributed by atoms with van der Waals surface area (Å²) in [5, 5.41) is 3.93. The third-order valence-corrected chi connectivity index (χ3v) is 8.70. The molecule has 3 aromatic rings. The Hall–Kier alpha value is -3.49. The van der Waals surface area contributed by atoms with Gasteiger partial charge in [-0.2, -0.15) is 0 Å². The molecule has 2 fully saturated rings. The highest BCUT2D eigenvalue weighted by Gasteiger charge is 2.28. The molecule has 0 radical (unpaired) electrons. The SMILES string of the molecule is C[C@H](NC(=O)Oc1c(CN2CCN(CCCN(C)C)C(=O)C2)c(-c2ccccc2)nc2ccccc12)C1CCCCC1. The van der Waals surface area contributed by atoms with Gasteiger partial charge in [-0.15, -0.1) is 0 Å². The lowest BCUT2D eigenvalue weighted by Gasteiger charge is -2.35. The molecule has 1 atom stereocenters. The lowest BCUT2D eigenvalue weighted by Crippen LogP contribution is -2.50. The molecule has 2 aromatic carbocycles. The minimum absolute atomic E-state index is 0.0427. The topological polar surface area (TPSA) is 78.0 Å². The van der Waals surface area contributed by atoms with Crippen LogP contribution in [0.25, 0.3) is 22.2 Å². The first kappa shape index (κ1) is 30.0. The van der Waals surface area contributed by atoms with Crippen molar-refractivity contribution in [1.29, 1.82) is 0 Å². The van der Waals surface area contributed by atoms with Gasteiger partial charge in [-0.25, -0.2) is 9.78 Å². The van der Waals surface area contributed by atoms with E-state index in [2.05, 4.69) is 36.1 Å². The van der Waals surface area contributed by atoms with Crippen LogP contribution in [0.2, 0.25) is 0 Å². The Balaban J connectivity index is 1.43. The van der Waals surface area contributed by atoms with E-state index in [9.17, 15) is 9.59 Å². The lowest BCUT2D eigenvalue weighted by molar-refractivity contribution is -0.136. The Labute approximate surface area is 250 Å². The number of aromatic nitrogens is 1. The van der Waals surface area contributed by atoms with Crippen LogP contribution in [0.1, 0.15) is 51.0 Å². The molecule has 0 unspecified atom stereocenters. The Morgan fingerprint density at radius 2 is 1.79 bits per heavy atom. The molecular formula is C34H45N5O3. The van der Waals surface area contributed by atoms with Gasteiger partial charge in [0.05, 0.1) is 17.8 Å². The predicted octanol–water partition coefficient (Wildman–Crippen LogP) is 5.55. The average molecular weight is 572 g/mol. The first-order valence-electron chi connectivity index (χ1n) is 15.5. The molecule has 5 rings (SSSR count). The lowest BCUT2D eigenvalue weighted by atomic mass is 9.85. The molecule has 2 aliphatic rings. The van der Waals surface area contributed by atoms with Gasteiger partial charge in [0.15, 0.2) is 0 Å². The van der Waals surface area contributed by atoms with E-state index >= 15 is 0 Å². The summed E-state index contributed by atoms with van der Waals surface area (Å²) in [6.45, 7) is 6.03. The van der Waals surface area contributed by atoms with Crippen LogP contribution >= 0.6 is 0 Å². The Morgan fingerprint density at radius 1 is 1.05 bits per heavy atom. The number of hydrogen-bond acceptors (Lipinski definition) is 6. The van der Waals surface area contributed by atoms with Crippen molar-refractivity contribution in [1.82, 2.24) is 25.0 Å². The maximum Gasteiger partial charge on any atom is 0.412 e. The van der Waals surface area contributed by atoms with Crippen LogP contribution in [0, 0.1) is 5.92 Å². The average Bonchev–Trinajstić information content (AvgIpc) is 3.00. The number of nitrogens with zero attached hydrogens (tertiary/aromatic N) is 4. The van der Waals surface area contributed by atoms with Gasteiger partial charge in [0.2, 0.25) is 5.91 Å². The van der Waals surface area contributed by atoms with Crippen LogP contribution in [0.15, 0.2) is 54.6 Å². The van der Waals surface area contributed by atoms with Crippen molar-refractivity contribution in [2.24, 2.45) is 5.92 Å². The largest absolute Gasteiger partial charge is 0.412 e. The molecule has 0 bridgehead atoms. The van der Waals surface area contributed by atoms with Gasteiger partial charge in [0, 0.05) is 48.7 Å². The fourth-order valence-corrected chi connectivity index (χ4v) is 6.31. The second-order valence-corrected chi connectivity index (χ2v) is 12.1. The fourth-order valence-electron chi connectivity index (χ4n) is 6.31. The standard InChI is InChI=1S/C34H45N5O3/c1-25(26-13-6-4-7-14-26)35-34(41)42-33-28-17-10-11-18-30(28)36-32(27-15-8-5-9-16-27)29(33)23-38-21-22-39(31(40)24-38)20-12-19-37(2)3/h5,8-11,15-18,25-26H,4,6-7,12-14,19-24H2,1-3H3,(H,35,41)/t25-/m0/s1. The zero-order valence-corrected chi connectivity index (χ0v) is 25.3. The highest BCUT2D eigenvalue weighted by molar-refractivity contribution is 5.92. The monoisotopic (exact) mass is 571 g/mol. The summed E-state index contributed by atoms with van der Waals surface area (Å²) in [6.07, 6.45) is 6.50. The van der Waals surface area contributed by atoms with Crippen molar-refractivity contribution >= 4 is 22.9 Å². The van der Waals surface area contributed by atoms with Gasteiger partial charge in [-0.3, -0.25) is 9.69 Å². The number of para-hydroxylation sites is 1. The van der Waals surface area contributed by atoms with Gasteiger partial charge in [0.25, 0.3) is 0 Å². The highest BCUT2D eigenvalue weighted by atomic mass is 16.6. The normalized spacial score (nSPS) is 17.5. The number of piperazine rings is 1. The molecule has 0 spiro atoms. The Morgan fingerprint density at radius 3 is 2.52 bits per heavy atom. The van der Waals surface area contributed by atoms with E-state index in [1.807, 2.05) is 59.5 Å². The van der Waals surface area contributed by atoms with Crippen molar-refractivity contribution in [3.8, 4) is 17.0 Å². The molecule has 8 nitrogen and oxygen atoms in total. The van der Waals surface area contributed by atoms with Crippen molar-refractivity contribution < 1.29 is 14.3 Å². The zero-order chi connectivity index (χ0) is 29.5. The van der Waals surface area contributed by atoms with E-state index in [0.717, 1.165) is 66.6 Å². The molecule has 1 N–H and O–H groups in total. The molecule has 2 amide bonds. The van der Waals surface area contributed by atoms with Crippen molar-refractivity contribution in [3.63, 3.8) is 0 Å². The second-order valence-electron chi connectivity index (χ2n) is 12.1. The number of ether oxygens (including phenoxy) is 1. The summed E-state index contributed by atoms with van der Waals surface area (Å²) < 4.78 is 6.23. The third kappa shape index (κ3) is 7.47. The number of fused-ring (bicyclic) bond motifs is 1. The quantitative estimate of drug-likeness (QED) is 0.344. The van der Waals surface area contributed by atoms with Crippen LogP contribution in [0.3, 0.4) is 0 Å². The molecule has 1 saturated carbocycles. The number of hydrogen-bond donors (Lipinski definition) is 1. The van der Waals surface area contributed by atoms with E-state index in [1.165, 1.54) is 19.3 Å². The molecule has 224 valence electrons. The van der Waals surface area contributed by atoms with Crippen molar-refractivity contribution in [3.05, 3.63) is 60.2 Å². The number of benzene rings is 2. The molecule has 1 aliphatic carbocycles. The third-order valence-electron chi connectivity index (χ3n) is 8.70. The van der Waals surface area contributed by atoms with E-state index in [0.29, 0.717) is 31.3 Å². The molecule has 2 heterocycles. The summed E-state index contributed by atoms with van der Waals surface area (Å²) >= 11 is 0. The Kier molecular flexibility index (Phi) is 10.1. The highest BCUT2D eigenvalue weighted by Crippen LogP contribution is 2.37. The van der Waals surface area contributed by atoms with E-state index in [1.54, 1.807) is 0 Å². The molecule has 1 aliphatic heterocycles. The van der Waals surface area contributed by atoms with Gasteiger partial charge in [-0.05, 0) is 64.9 Å². The summed E-state index contributed by atoms with van der Waals surface area (Å²) in [5.41, 5.74) is 3.32. The minimum atomic E-state index is -0.438. The number of nitrogens with one attached hydrogen (secondary N) is 1. The summed E-state index contributed by atoms with van der Waals surface area (Å²) in [6, 6.07) is 17.9. The van der Waals surface area contributed by atoms with Gasteiger partial charge in [-0.1, -0.05) is 61.7 Å². The summed E-state index contributed by atoms with van der Waals surface area (Å²) in [5.74, 6) is 1.13. The first-order chi connectivity index (χ1) is 20.4. The van der Waals surface area contributed by atoms with Crippen LogP contribution in [-0.4, -0.2) is 84.5 Å². The predicted molar refractivity (Wildman–Crippen MR) is 167 cm³/mol. The number of pyridine rings is 1. The fraction of sp³-hybridized carbons (Fsp3) is 0.500. The molecule has 1 saturated heterocycles. The maximum absolute atomic E-state index is 13.4. The van der Waals surface area contributed by atoms with E-state index < -0.39 is 6.09 Å². The van der Waals surface area contributed by atoms with Crippen LogP contribution in [-0.2, 0) is 11.3 Å². The smallest absolute Gasteiger partial charge is 0.409 e. The van der Waals surface area contributed by atoms with E-state index in [-0.39, 0.29) is 11.9 Å². The maximum atomic E-state index is 13.4. The van der Waals surface area contributed by atoms with Crippen LogP contribution < -0.4 is 10.1 Å². The van der Waals surface area contributed by atoms with Gasteiger partial charge in [0.1, 0.15) is 5.75 Å². The van der Waals surface area contributed by atoms with Crippen molar-refractivity contribution in [2.45, 2.75) is 58.0 Å². The van der Waals surface area contributed by atoms with Crippen molar-refractivity contribution in [2.75, 3.05) is 46.8 Å². The number of carbonyl (C=O) groups excluding carboxylic acids is 2. The number of carbonyl (C=O) groups is 2. The van der Waals surface area contributed by atoms with Crippen LogP contribution in [0.5, 0.6) is 5.75 Å². The second kappa shape index (κ2) is 14.1. The molecule has 42 heavy (non-hydrogen) atoms. The summed E-state index contributed by atoms with van der Waals surface area (Å²) in [7, 11) is 4.11. The number of rotatable bonds is 10. The number of amides is 2. The first-order valence-corrected chi connectivity index (χ1v) is 15.5.